The minimum Gasteiger partial charge on any atom is -0.380 e. The van der Waals surface area contributed by atoms with E-state index in [0.717, 1.165) is 11.3 Å². The molecule has 2 rings (SSSR count). The zero-order valence-corrected chi connectivity index (χ0v) is 14.8. The molecule has 4 N–H and O–H groups in total. The number of nitrogens with one attached hydrogen (secondary N) is 2. The summed E-state index contributed by atoms with van der Waals surface area (Å²) in [5, 5.41) is 25.9. The van der Waals surface area contributed by atoms with Crippen LogP contribution in [0.3, 0.4) is 0 Å². The average molecular weight is 362 g/mol. The van der Waals surface area contributed by atoms with Gasteiger partial charge >= 0.3 is 0 Å². The van der Waals surface area contributed by atoms with E-state index in [2.05, 4.69) is 34.2 Å². The molecule has 0 aliphatic carbocycles. The van der Waals surface area contributed by atoms with Gasteiger partial charge in [0.2, 0.25) is 0 Å². The molecule has 6 nitrogen and oxygen atoms in total. The Balaban J connectivity index is 1.78. The van der Waals surface area contributed by atoms with Gasteiger partial charge in [0.25, 0.3) is 11.8 Å². The summed E-state index contributed by atoms with van der Waals surface area (Å²) in [6.07, 6.45) is -2.07. The van der Waals surface area contributed by atoms with Crippen molar-refractivity contribution in [1.82, 2.24) is 10.6 Å². The van der Waals surface area contributed by atoms with Crippen LogP contribution in [0.5, 0.6) is 0 Å². The van der Waals surface area contributed by atoms with Crippen LogP contribution >= 0.6 is 11.3 Å². The number of carbonyl (C=O) groups is 2. The van der Waals surface area contributed by atoms with Crippen molar-refractivity contribution < 1.29 is 19.8 Å². The molecule has 0 fully saturated rings. The van der Waals surface area contributed by atoms with E-state index in [1.165, 1.54) is 18.2 Å². The minimum absolute atomic E-state index is 0.321. The Kier molecular flexibility index (Phi) is 7.12. The molecule has 0 bridgehead atoms. The number of hydrogen-bond acceptors (Lipinski definition) is 5. The van der Waals surface area contributed by atoms with E-state index < -0.39 is 24.0 Å². The Labute approximate surface area is 150 Å². The van der Waals surface area contributed by atoms with Crippen LogP contribution in [0, 0.1) is 0 Å². The van der Waals surface area contributed by atoms with Crippen molar-refractivity contribution in [2.24, 2.45) is 0 Å². The molecule has 0 aliphatic rings. The predicted molar refractivity (Wildman–Crippen MR) is 96.4 cm³/mol. The maximum Gasteiger partial charge on any atom is 0.252 e. The summed E-state index contributed by atoms with van der Waals surface area (Å²) in [5.41, 5.74) is 2.46. The fourth-order valence-electron chi connectivity index (χ4n) is 2.33. The topological polar surface area (TPSA) is 98.7 Å². The van der Waals surface area contributed by atoms with Gasteiger partial charge < -0.3 is 20.8 Å². The summed E-state index contributed by atoms with van der Waals surface area (Å²) < 4.78 is 0. The molecule has 0 saturated carbocycles. The van der Waals surface area contributed by atoms with E-state index in [1.54, 1.807) is 11.3 Å². The molecule has 1 aromatic heterocycles. The molecular formula is C18H22N2O4S. The van der Waals surface area contributed by atoms with E-state index >= 15 is 0 Å². The molecular weight excluding hydrogens is 340 g/mol. The lowest BCUT2D eigenvalue weighted by Crippen LogP contribution is -2.49. The van der Waals surface area contributed by atoms with E-state index in [1.807, 2.05) is 18.2 Å². The molecule has 0 saturated heterocycles. The Bertz CT molecular complexity index is 702. The number of aliphatic hydroxyl groups excluding tert-OH is 2. The number of thiophene rings is 1. The maximum atomic E-state index is 11.7. The first-order chi connectivity index (χ1) is 12.0. The van der Waals surface area contributed by atoms with Gasteiger partial charge in [-0.3, -0.25) is 9.59 Å². The van der Waals surface area contributed by atoms with Gasteiger partial charge in [-0.25, -0.2) is 0 Å². The van der Waals surface area contributed by atoms with Crippen LogP contribution in [0.15, 0.2) is 41.8 Å². The van der Waals surface area contributed by atoms with Crippen molar-refractivity contribution in [2.45, 2.75) is 25.0 Å². The van der Waals surface area contributed by atoms with E-state index in [0.29, 0.717) is 13.0 Å². The Morgan fingerprint density at radius 3 is 2.44 bits per heavy atom. The van der Waals surface area contributed by atoms with Crippen LogP contribution in [0.25, 0.3) is 0 Å². The Morgan fingerprint density at radius 1 is 1.08 bits per heavy atom. The van der Waals surface area contributed by atoms with Gasteiger partial charge in [-0.1, -0.05) is 30.3 Å². The second-order valence-corrected chi connectivity index (χ2v) is 6.62. The molecule has 0 radical (unpaired) electrons. The molecule has 0 spiro atoms. The van der Waals surface area contributed by atoms with Gasteiger partial charge in [-0.05, 0) is 35.4 Å². The first kappa shape index (κ1) is 19.1. The molecule has 25 heavy (non-hydrogen) atoms. The minimum atomic E-state index is -1.78. The lowest BCUT2D eigenvalue weighted by molar-refractivity contribution is -0.145. The second-order valence-electron chi connectivity index (χ2n) is 5.63. The predicted octanol–water partition coefficient (Wildman–Crippen LogP) is 0.465. The Morgan fingerprint density at radius 2 is 1.76 bits per heavy atom. The van der Waals surface area contributed by atoms with Crippen LogP contribution < -0.4 is 10.6 Å². The van der Waals surface area contributed by atoms with E-state index in [4.69, 9.17) is 0 Å². The first-order valence-electron chi connectivity index (χ1n) is 7.97. The summed E-state index contributed by atoms with van der Waals surface area (Å²) in [6, 6.07) is 12.3. The largest absolute Gasteiger partial charge is 0.380 e. The third-order valence-corrected chi connectivity index (χ3v) is 4.76. The normalized spacial score (nSPS) is 13.1. The van der Waals surface area contributed by atoms with E-state index in [-0.39, 0.29) is 0 Å². The van der Waals surface area contributed by atoms with Crippen LogP contribution in [-0.2, 0) is 22.4 Å². The van der Waals surface area contributed by atoms with Crippen molar-refractivity contribution in [3.63, 3.8) is 0 Å². The summed E-state index contributed by atoms with van der Waals surface area (Å²) in [6.45, 7) is 0.321. The SMILES string of the molecule is CNC(=O)C(O)C(O)C(=O)NCCc1cc(Cc2ccccc2)cs1. The summed E-state index contributed by atoms with van der Waals surface area (Å²) in [7, 11) is 1.32. The quantitative estimate of drug-likeness (QED) is 0.548. The fraction of sp³-hybridized carbons (Fsp3) is 0.333. The zero-order chi connectivity index (χ0) is 18.2. The third kappa shape index (κ3) is 5.67. The maximum absolute atomic E-state index is 11.7. The van der Waals surface area contributed by atoms with Crippen LogP contribution in [0.4, 0.5) is 0 Å². The number of hydrogen-bond donors (Lipinski definition) is 4. The monoisotopic (exact) mass is 362 g/mol. The third-order valence-electron chi connectivity index (χ3n) is 3.71. The zero-order valence-electron chi connectivity index (χ0n) is 13.9. The number of aliphatic hydroxyl groups is 2. The number of likely N-dealkylation sites (N-methyl/N-ethyl adjacent to an activating group) is 1. The number of benzene rings is 1. The average Bonchev–Trinajstić information content (AvgIpc) is 3.07. The highest BCUT2D eigenvalue weighted by molar-refractivity contribution is 7.10. The lowest BCUT2D eigenvalue weighted by Gasteiger charge is -2.15. The van der Waals surface area contributed by atoms with Crippen LogP contribution in [-0.4, -0.2) is 47.8 Å². The molecule has 2 amide bonds. The highest BCUT2D eigenvalue weighted by Crippen LogP contribution is 2.18. The molecule has 1 heterocycles. The molecule has 1 aromatic carbocycles. The lowest BCUT2D eigenvalue weighted by atomic mass is 10.1. The van der Waals surface area contributed by atoms with Crippen molar-refractivity contribution in [3.05, 3.63) is 57.8 Å². The van der Waals surface area contributed by atoms with Crippen molar-refractivity contribution in [1.29, 1.82) is 0 Å². The van der Waals surface area contributed by atoms with Gasteiger partial charge in [-0.15, -0.1) is 11.3 Å². The molecule has 134 valence electrons. The highest BCUT2D eigenvalue weighted by atomic mass is 32.1. The van der Waals surface area contributed by atoms with Gasteiger partial charge in [0.05, 0.1) is 0 Å². The van der Waals surface area contributed by atoms with Gasteiger partial charge in [0.1, 0.15) is 0 Å². The molecule has 0 aliphatic heterocycles. The molecule has 2 atom stereocenters. The summed E-state index contributed by atoms with van der Waals surface area (Å²) in [5.74, 6) is -1.57. The van der Waals surface area contributed by atoms with Crippen molar-refractivity contribution in [2.75, 3.05) is 13.6 Å². The molecule has 7 heteroatoms. The number of amides is 2. The van der Waals surface area contributed by atoms with Gasteiger partial charge in [0, 0.05) is 18.5 Å². The summed E-state index contributed by atoms with van der Waals surface area (Å²) >= 11 is 1.62. The second kappa shape index (κ2) is 9.31. The van der Waals surface area contributed by atoms with Crippen LogP contribution in [0.2, 0.25) is 0 Å². The van der Waals surface area contributed by atoms with Gasteiger partial charge in [0.15, 0.2) is 12.2 Å². The Hall–Kier alpha value is -2.22. The van der Waals surface area contributed by atoms with E-state index in [9.17, 15) is 19.8 Å². The smallest absolute Gasteiger partial charge is 0.252 e. The standard InChI is InChI=1S/C18H22N2O4S/c1-19-17(23)15(21)16(22)18(24)20-8-7-14-10-13(11-25-14)9-12-5-3-2-4-6-12/h2-6,10-11,15-16,21-22H,7-9H2,1H3,(H,19,23)(H,20,24). The number of carbonyl (C=O) groups excluding carboxylic acids is 2. The molecule has 2 unspecified atom stereocenters. The van der Waals surface area contributed by atoms with Crippen molar-refractivity contribution in [3.8, 4) is 0 Å². The molecule has 2 aromatic rings. The van der Waals surface area contributed by atoms with Crippen molar-refractivity contribution >= 4 is 23.2 Å². The fourth-order valence-corrected chi connectivity index (χ4v) is 3.22. The number of rotatable bonds is 8. The summed E-state index contributed by atoms with van der Waals surface area (Å²) in [4.78, 5) is 24.1. The first-order valence-corrected chi connectivity index (χ1v) is 8.85. The van der Waals surface area contributed by atoms with Gasteiger partial charge in [-0.2, -0.15) is 0 Å². The highest BCUT2D eigenvalue weighted by Gasteiger charge is 2.29. The van der Waals surface area contributed by atoms with Crippen LogP contribution in [0.1, 0.15) is 16.0 Å².